The van der Waals surface area contributed by atoms with E-state index in [1.54, 1.807) is 0 Å². The number of cyclic esters (lactones) is 1. The molecule has 0 spiro atoms. The van der Waals surface area contributed by atoms with Crippen molar-refractivity contribution in [2.24, 2.45) is 0 Å². The van der Waals surface area contributed by atoms with Gasteiger partial charge in [-0.1, -0.05) is 103 Å². The molecular formula is C30H22O3. The van der Waals surface area contributed by atoms with Crippen LogP contribution in [0.25, 0.3) is 17.2 Å². The quantitative estimate of drug-likeness (QED) is 0.317. The van der Waals surface area contributed by atoms with E-state index < -0.39 is 0 Å². The molecule has 1 heterocycles. The molecule has 0 bridgehead atoms. The molecule has 3 nitrogen and oxygen atoms in total. The maximum absolute atomic E-state index is 12.9. The summed E-state index contributed by atoms with van der Waals surface area (Å²) in [4.78, 5) is 12.9. The Morgan fingerprint density at radius 2 is 1.27 bits per heavy atom. The van der Waals surface area contributed by atoms with Gasteiger partial charge in [0.05, 0.1) is 5.57 Å². The summed E-state index contributed by atoms with van der Waals surface area (Å²) in [6.07, 6.45) is 1.89. The number of hydrogen-bond acceptors (Lipinski definition) is 3. The van der Waals surface area contributed by atoms with Crippen molar-refractivity contribution in [3.63, 3.8) is 0 Å². The predicted octanol–water partition coefficient (Wildman–Crippen LogP) is 6.77. The third-order valence-electron chi connectivity index (χ3n) is 5.43. The van der Waals surface area contributed by atoms with Gasteiger partial charge in [-0.15, -0.1) is 0 Å². The smallest absolute Gasteiger partial charge is 0.344 e. The van der Waals surface area contributed by atoms with Crippen LogP contribution in [0.3, 0.4) is 0 Å². The first kappa shape index (κ1) is 20.5. The highest BCUT2D eigenvalue weighted by Gasteiger charge is 2.31. The highest BCUT2D eigenvalue weighted by atomic mass is 16.5. The molecule has 160 valence electrons. The molecule has 0 atom stereocenters. The van der Waals surface area contributed by atoms with Crippen LogP contribution in [-0.2, 0) is 16.1 Å². The second-order valence-electron chi connectivity index (χ2n) is 7.73. The molecular weight excluding hydrogens is 408 g/mol. The SMILES string of the molecule is O=C1O/C(=C\c2cccc(OCc3ccccc3)c2)C(c2ccccc2)=C1c1ccccc1. The number of carbonyl (C=O) groups is 1. The van der Waals surface area contributed by atoms with Crippen LogP contribution in [0.1, 0.15) is 22.3 Å². The molecule has 0 fully saturated rings. The number of rotatable bonds is 6. The Bertz CT molecular complexity index is 1320. The van der Waals surface area contributed by atoms with Gasteiger partial charge in [-0.25, -0.2) is 4.79 Å². The summed E-state index contributed by atoms with van der Waals surface area (Å²) >= 11 is 0. The van der Waals surface area contributed by atoms with Gasteiger partial charge in [-0.3, -0.25) is 0 Å². The van der Waals surface area contributed by atoms with Gasteiger partial charge >= 0.3 is 5.97 Å². The van der Waals surface area contributed by atoms with E-state index in [1.807, 2.05) is 121 Å². The monoisotopic (exact) mass is 430 g/mol. The van der Waals surface area contributed by atoms with E-state index in [4.69, 9.17) is 9.47 Å². The normalized spacial score (nSPS) is 14.4. The van der Waals surface area contributed by atoms with Crippen LogP contribution in [0.2, 0.25) is 0 Å². The molecule has 1 aliphatic heterocycles. The molecule has 1 aliphatic rings. The zero-order valence-corrected chi connectivity index (χ0v) is 18.0. The summed E-state index contributed by atoms with van der Waals surface area (Å²) < 4.78 is 11.7. The van der Waals surface area contributed by atoms with Crippen LogP contribution in [0.4, 0.5) is 0 Å². The van der Waals surface area contributed by atoms with Crippen LogP contribution in [0, 0.1) is 0 Å². The van der Waals surface area contributed by atoms with E-state index in [2.05, 4.69) is 0 Å². The summed E-state index contributed by atoms with van der Waals surface area (Å²) in [5, 5.41) is 0. The van der Waals surface area contributed by atoms with E-state index in [0.717, 1.165) is 33.6 Å². The van der Waals surface area contributed by atoms with Gasteiger partial charge in [0.15, 0.2) is 0 Å². The summed E-state index contributed by atoms with van der Waals surface area (Å²) in [7, 11) is 0. The average Bonchev–Trinajstić information content (AvgIpc) is 3.20. The Balaban J connectivity index is 1.51. The van der Waals surface area contributed by atoms with Gasteiger partial charge in [0.25, 0.3) is 0 Å². The summed E-state index contributed by atoms with van der Waals surface area (Å²) in [5.74, 6) is 0.944. The second kappa shape index (κ2) is 9.41. The summed E-state index contributed by atoms with van der Waals surface area (Å²) in [6, 6.07) is 37.3. The predicted molar refractivity (Wildman–Crippen MR) is 131 cm³/mol. The fraction of sp³-hybridized carbons (Fsp3) is 0.0333. The Morgan fingerprint density at radius 1 is 0.667 bits per heavy atom. The number of ether oxygens (including phenoxy) is 2. The molecule has 0 aliphatic carbocycles. The van der Waals surface area contributed by atoms with Gasteiger partial charge in [-0.2, -0.15) is 0 Å². The van der Waals surface area contributed by atoms with Crippen molar-refractivity contribution in [2.75, 3.05) is 0 Å². The van der Waals surface area contributed by atoms with Crippen molar-refractivity contribution in [1.29, 1.82) is 0 Å². The fourth-order valence-electron chi connectivity index (χ4n) is 3.87. The van der Waals surface area contributed by atoms with Gasteiger partial charge in [0.2, 0.25) is 0 Å². The van der Waals surface area contributed by atoms with Gasteiger partial charge < -0.3 is 9.47 Å². The van der Waals surface area contributed by atoms with Crippen LogP contribution in [-0.4, -0.2) is 5.97 Å². The van der Waals surface area contributed by atoms with Crippen LogP contribution < -0.4 is 4.74 Å². The Morgan fingerprint density at radius 3 is 1.94 bits per heavy atom. The topological polar surface area (TPSA) is 35.5 Å². The van der Waals surface area contributed by atoms with E-state index in [0.29, 0.717) is 17.9 Å². The van der Waals surface area contributed by atoms with E-state index in [-0.39, 0.29) is 5.97 Å². The Hall–Kier alpha value is -4.37. The van der Waals surface area contributed by atoms with Crippen molar-refractivity contribution in [2.45, 2.75) is 6.61 Å². The number of carbonyl (C=O) groups excluding carboxylic acids is 1. The number of hydrogen-bond donors (Lipinski definition) is 0. The van der Waals surface area contributed by atoms with Crippen LogP contribution in [0.5, 0.6) is 5.75 Å². The third-order valence-corrected chi connectivity index (χ3v) is 5.43. The van der Waals surface area contributed by atoms with Crippen molar-refractivity contribution in [1.82, 2.24) is 0 Å². The maximum Gasteiger partial charge on any atom is 0.344 e. The summed E-state index contributed by atoms with van der Waals surface area (Å²) in [5.41, 5.74) is 5.14. The molecule has 0 N–H and O–H groups in total. The highest BCUT2D eigenvalue weighted by molar-refractivity contribution is 6.30. The maximum atomic E-state index is 12.9. The lowest BCUT2D eigenvalue weighted by atomic mass is 9.94. The first-order valence-corrected chi connectivity index (χ1v) is 10.8. The second-order valence-corrected chi connectivity index (χ2v) is 7.73. The lowest BCUT2D eigenvalue weighted by Crippen LogP contribution is -1.98. The minimum atomic E-state index is -0.345. The lowest BCUT2D eigenvalue weighted by molar-refractivity contribution is -0.131. The van der Waals surface area contributed by atoms with Gasteiger partial charge in [0.1, 0.15) is 18.1 Å². The molecule has 5 rings (SSSR count). The minimum Gasteiger partial charge on any atom is -0.489 e. The van der Waals surface area contributed by atoms with Gasteiger partial charge in [-0.05, 0) is 40.5 Å². The van der Waals surface area contributed by atoms with Crippen molar-refractivity contribution < 1.29 is 14.3 Å². The number of allylic oxidation sites excluding steroid dienone is 1. The number of esters is 1. The first-order chi connectivity index (χ1) is 16.3. The summed E-state index contributed by atoms with van der Waals surface area (Å²) in [6.45, 7) is 0.489. The molecule has 3 heteroatoms. The molecule has 4 aromatic rings. The number of benzene rings is 4. The van der Waals surface area contributed by atoms with Crippen molar-refractivity contribution >= 4 is 23.2 Å². The van der Waals surface area contributed by atoms with E-state index in [1.165, 1.54) is 0 Å². The molecule has 0 unspecified atom stereocenters. The van der Waals surface area contributed by atoms with E-state index >= 15 is 0 Å². The average molecular weight is 431 g/mol. The minimum absolute atomic E-state index is 0.345. The molecule has 4 aromatic carbocycles. The Kier molecular flexibility index (Phi) is 5.85. The molecule has 33 heavy (non-hydrogen) atoms. The lowest BCUT2D eigenvalue weighted by Gasteiger charge is -2.08. The molecule has 0 saturated heterocycles. The molecule has 0 aromatic heterocycles. The molecule has 0 radical (unpaired) electrons. The zero-order valence-electron chi connectivity index (χ0n) is 18.0. The first-order valence-electron chi connectivity index (χ1n) is 10.8. The third kappa shape index (κ3) is 4.63. The Labute approximate surface area is 193 Å². The largest absolute Gasteiger partial charge is 0.489 e. The zero-order chi connectivity index (χ0) is 22.5. The fourth-order valence-corrected chi connectivity index (χ4v) is 3.87. The molecule has 0 saturated carbocycles. The van der Waals surface area contributed by atoms with Crippen molar-refractivity contribution in [3.8, 4) is 5.75 Å². The molecule has 0 amide bonds. The van der Waals surface area contributed by atoms with E-state index in [9.17, 15) is 4.79 Å². The van der Waals surface area contributed by atoms with Crippen molar-refractivity contribution in [3.05, 3.63) is 143 Å². The van der Waals surface area contributed by atoms with Gasteiger partial charge in [0, 0.05) is 5.57 Å². The van der Waals surface area contributed by atoms with Crippen LogP contribution >= 0.6 is 0 Å². The standard InChI is InChI=1S/C30H22O3/c31-30-29(25-16-8-3-9-17-25)28(24-14-6-2-7-15-24)27(33-30)20-23-13-10-18-26(19-23)32-21-22-11-4-1-5-12-22/h1-20H,21H2/b27-20-. The van der Waals surface area contributed by atoms with Crippen LogP contribution in [0.15, 0.2) is 121 Å². The highest BCUT2D eigenvalue weighted by Crippen LogP contribution is 2.40.